The van der Waals surface area contributed by atoms with Crippen LogP contribution in [0, 0.1) is 0 Å². The number of alkyl halides is 2. The molecule has 0 bridgehead atoms. The zero-order valence-electron chi connectivity index (χ0n) is 35.9. The van der Waals surface area contributed by atoms with Crippen molar-refractivity contribution in [2.45, 2.75) is 83.3 Å². The lowest BCUT2D eigenvalue weighted by molar-refractivity contribution is -0.136. The minimum Gasteiger partial charge on any atom is -0.375 e. The van der Waals surface area contributed by atoms with Crippen LogP contribution in [0.4, 0.5) is 26.0 Å². The quantitative estimate of drug-likeness (QED) is 0.139. The molecule has 3 N–H and O–H groups in total. The Kier molecular flexibility index (Phi) is 11.8. The van der Waals surface area contributed by atoms with E-state index in [1.807, 2.05) is 11.0 Å². The molecule has 9 rings (SSSR count). The average molecular weight is 880 g/mol. The van der Waals surface area contributed by atoms with Crippen LogP contribution in [0.15, 0.2) is 42.7 Å². The van der Waals surface area contributed by atoms with Crippen LogP contribution in [-0.2, 0) is 45.6 Å². The SMILES string of the molecule is CC(=O)N1CCc2c(c(N3CCCc4cc(-c5cnn(C)c5)c(C(F)F)cc43)nn2C2CCN(CCCNC(=O)CNc3cccc4c3C(=O)N(C3CCC(=O)NC3=O)C4=O)CC2)C1. The number of rotatable bonds is 12. The monoisotopic (exact) mass is 879 g/mol. The number of aromatic nitrogens is 4. The van der Waals surface area contributed by atoms with Gasteiger partial charge in [0.15, 0.2) is 5.82 Å². The lowest BCUT2D eigenvalue weighted by atomic mass is 9.92. The van der Waals surface area contributed by atoms with Gasteiger partial charge in [-0.1, -0.05) is 6.07 Å². The van der Waals surface area contributed by atoms with Crippen molar-refractivity contribution >= 4 is 52.6 Å². The first-order valence-corrected chi connectivity index (χ1v) is 22.0. The number of halogens is 2. The summed E-state index contributed by atoms with van der Waals surface area (Å²) in [7, 11) is 1.77. The standard InChI is InChI=1S/C45H51F2N11O6/c1-26(59)55-19-13-35-33(25-55)42(56-16-4-6-27-20-31(28-22-50-53(2)24-28)32(41(46)47)21-37(27)56)52-58(35)29-11-17-54(18-12-29)15-5-14-48-39(61)23-49-34-8-3-7-30-40(34)45(64)57(44(30)63)36-9-10-38(60)51-43(36)62/h3,7-8,20-22,24,29,36,41,49H,4-6,9-19,23,25H2,1-2H3,(H,48,61)(H,51,60,62). The number of nitrogens with one attached hydrogen (secondary N) is 3. The number of likely N-dealkylation sites (tertiary alicyclic amines) is 1. The van der Waals surface area contributed by atoms with Crippen molar-refractivity contribution in [2.24, 2.45) is 7.05 Å². The Labute approximate surface area is 368 Å². The summed E-state index contributed by atoms with van der Waals surface area (Å²) in [5.74, 6) is -1.97. The molecule has 5 aliphatic heterocycles. The van der Waals surface area contributed by atoms with Crippen LogP contribution in [0.3, 0.4) is 0 Å². The van der Waals surface area contributed by atoms with Crippen molar-refractivity contribution in [1.29, 1.82) is 0 Å². The normalized spacial score (nSPS) is 19.2. The van der Waals surface area contributed by atoms with Crippen molar-refractivity contribution < 1.29 is 37.5 Å². The second-order valence-electron chi connectivity index (χ2n) is 17.2. The largest absolute Gasteiger partial charge is 0.375 e. The Bertz CT molecular complexity index is 2550. The summed E-state index contributed by atoms with van der Waals surface area (Å²) in [4.78, 5) is 83.3. The van der Waals surface area contributed by atoms with Crippen LogP contribution < -0.4 is 20.9 Å². The van der Waals surface area contributed by atoms with E-state index in [1.165, 1.54) is 6.07 Å². The topological polar surface area (TPSA) is 187 Å². The number of nitrogens with zero attached hydrogens (tertiary/aromatic N) is 8. The number of carbonyl (C=O) groups excluding carboxylic acids is 6. The van der Waals surface area contributed by atoms with Crippen molar-refractivity contribution in [3.05, 3.63) is 76.2 Å². The average Bonchev–Trinajstić information content (AvgIpc) is 3.97. The molecule has 2 fully saturated rings. The van der Waals surface area contributed by atoms with Gasteiger partial charge in [0.1, 0.15) is 6.04 Å². The highest BCUT2D eigenvalue weighted by Crippen LogP contribution is 2.44. The van der Waals surface area contributed by atoms with Crippen LogP contribution in [0.2, 0.25) is 0 Å². The van der Waals surface area contributed by atoms with E-state index in [0.717, 1.165) is 78.5 Å². The predicted molar refractivity (Wildman–Crippen MR) is 230 cm³/mol. The Morgan fingerprint density at radius 2 is 1.78 bits per heavy atom. The maximum atomic E-state index is 14.7. The number of anilines is 3. The fourth-order valence-electron chi connectivity index (χ4n) is 9.89. The molecule has 2 aromatic carbocycles. The number of hydrogen-bond donors (Lipinski definition) is 3. The second-order valence-corrected chi connectivity index (χ2v) is 17.2. The van der Waals surface area contributed by atoms with E-state index < -0.39 is 36.1 Å². The maximum absolute atomic E-state index is 14.7. The molecule has 1 unspecified atom stereocenters. The second kappa shape index (κ2) is 17.6. The van der Waals surface area contributed by atoms with Gasteiger partial charge in [0.25, 0.3) is 18.2 Å². The van der Waals surface area contributed by atoms with Crippen molar-refractivity contribution in [3.63, 3.8) is 0 Å². The molecule has 0 spiro atoms. The van der Waals surface area contributed by atoms with Gasteiger partial charge in [0, 0.05) is 99.5 Å². The Hall–Kier alpha value is -6.50. The lowest BCUT2D eigenvalue weighted by Crippen LogP contribution is -2.54. The van der Waals surface area contributed by atoms with Gasteiger partial charge in [-0.3, -0.25) is 48.3 Å². The summed E-state index contributed by atoms with van der Waals surface area (Å²) in [5.41, 5.74) is 5.39. The molecule has 1 atom stereocenters. The smallest absolute Gasteiger partial charge is 0.264 e. The van der Waals surface area contributed by atoms with Gasteiger partial charge in [0.05, 0.1) is 36.5 Å². The molecule has 0 aliphatic carbocycles. The molecule has 17 nitrogen and oxygen atoms in total. The molecule has 5 aliphatic rings. The Balaban J connectivity index is 0.811. The molecule has 0 radical (unpaired) electrons. The fourth-order valence-corrected chi connectivity index (χ4v) is 9.89. The summed E-state index contributed by atoms with van der Waals surface area (Å²) < 4.78 is 33.2. The van der Waals surface area contributed by atoms with Gasteiger partial charge in [-0.15, -0.1) is 0 Å². The van der Waals surface area contributed by atoms with E-state index in [1.54, 1.807) is 49.2 Å². The zero-order chi connectivity index (χ0) is 44.8. The molecule has 64 heavy (non-hydrogen) atoms. The van der Waals surface area contributed by atoms with Crippen LogP contribution >= 0.6 is 0 Å². The number of hydrogen-bond acceptors (Lipinski definition) is 11. The number of aryl methyl sites for hydroxylation is 2. The molecule has 19 heteroatoms. The first-order chi connectivity index (χ1) is 30.9. The van der Waals surface area contributed by atoms with Gasteiger partial charge < -0.3 is 25.3 Å². The van der Waals surface area contributed by atoms with Crippen LogP contribution in [0.1, 0.15) is 101 Å². The van der Waals surface area contributed by atoms with Gasteiger partial charge in [0.2, 0.25) is 23.6 Å². The predicted octanol–water partition coefficient (Wildman–Crippen LogP) is 3.87. The van der Waals surface area contributed by atoms with Crippen molar-refractivity contribution in [2.75, 3.05) is 56.0 Å². The van der Waals surface area contributed by atoms with E-state index in [-0.39, 0.29) is 53.9 Å². The molecular weight excluding hydrogens is 829 g/mol. The lowest BCUT2D eigenvalue weighted by Gasteiger charge is -2.34. The zero-order valence-corrected chi connectivity index (χ0v) is 35.9. The maximum Gasteiger partial charge on any atom is 0.264 e. The minimum absolute atomic E-state index is 0.0149. The van der Waals surface area contributed by atoms with Gasteiger partial charge in [-0.05, 0) is 80.5 Å². The number of benzene rings is 2. The van der Waals surface area contributed by atoms with E-state index in [2.05, 4.69) is 35.5 Å². The minimum atomic E-state index is -2.69. The third-order valence-electron chi connectivity index (χ3n) is 13.2. The third kappa shape index (κ3) is 8.12. The van der Waals surface area contributed by atoms with Gasteiger partial charge >= 0.3 is 0 Å². The molecule has 7 heterocycles. The number of amides is 6. The molecule has 4 aromatic rings. The number of carbonyl (C=O) groups is 6. The summed E-state index contributed by atoms with van der Waals surface area (Å²) in [6.45, 7) is 5.92. The highest BCUT2D eigenvalue weighted by Gasteiger charge is 2.46. The summed E-state index contributed by atoms with van der Waals surface area (Å²) in [5, 5.41) is 17.6. The fraction of sp³-hybridized carbons (Fsp3) is 0.467. The molecular formula is C45H51F2N11O6. The number of piperidine rings is 2. The third-order valence-corrected chi connectivity index (χ3v) is 13.2. The molecule has 2 aromatic heterocycles. The van der Waals surface area contributed by atoms with Crippen molar-refractivity contribution in [3.8, 4) is 11.1 Å². The van der Waals surface area contributed by atoms with E-state index in [9.17, 15) is 37.5 Å². The van der Waals surface area contributed by atoms with E-state index in [4.69, 9.17) is 5.10 Å². The van der Waals surface area contributed by atoms with E-state index in [0.29, 0.717) is 55.8 Å². The molecule has 6 amide bonds. The van der Waals surface area contributed by atoms with Crippen LogP contribution in [-0.4, -0.2) is 122 Å². The molecule has 2 saturated heterocycles. The number of imide groups is 2. The van der Waals surface area contributed by atoms with Crippen molar-refractivity contribution in [1.82, 2.24) is 44.9 Å². The summed E-state index contributed by atoms with van der Waals surface area (Å²) >= 11 is 0. The Morgan fingerprint density at radius 3 is 2.52 bits per heavy atom. The number of fused-ring (bicyclic) bond motifs is 3. The summed E-state index contributed by atoms with van der Waals surface area (Å²) in [6, 6.07) is 7.25. The molecule has 336 valence electrons. The first kappa shape index (κ1) is 42.8. The highest BCUT2D eigenvalue weighted by molar-refractivity contribution is 6.25. The van der Waals surface area contributed by atoms with Gasteiger partial charge in [-0.25, -0.2) is 8.78 Å². The molecule has 0 saturated carbocycles. The van der Waals surface area contributed by atoms with Gasteiger partial charge in [-0.2, -0.15) is 10.2 Å². The first-order valence-electron chi connectivity index (χ1n) is 22.0. The van der Waals surface area contributed by atoms with Crippen LogP contribution in [0.25, 0.3) is 11.1 Å². The van der Waals surface area contributed by atoms with E-state index >= 15 is 0 Å². The van der Waals surface area contributed by atoms with Crippen LogP contribution in [0.5, 0.6) is 0 Å². The Morgan fingerprint density at radius 1 is 0.969 bits per heavy atom. The summed E-state index contributed by atoms with van der Waals surface area (Å²) in [6.07, 6.45) is 5.40. The highest BCUT2D eigenvalue weighted by atomic mass is 19.3.